The molecule has 0 atom stereocenters. The van der Waals surface area contributed by atoms with Crippen LogP contribution in [0.15, 0.2) is 52.3 Å². The average molecular weight is 437 g/mol. The topological polar surface area (TPSA) is 107 Å². The second kappa shape index (κ2) is 7.43. The van der Waals surface area contributed by atoms with Gasteiger partial charge in [0.15, 0.2) is 0 Å². The predicted molar refractivity (Wildman–Crippen MR) is 93.0 cm³/mol. The van der Waals surface area contributed by atoms with Crippen molar-refractivity contribution in [2.75, 3.05) is 11.8 Å². The van der Waals surface area contributed by atoms with Crippen LogP contribution < -0.4 is 4.72 Å². The van der Waals surface area contributed by atoms with E-state index < -0.39 is 46.8 Å². The minimum Gasteiger partial charge on any atom is -0.465 e. The second-order valence-electron chi connectivity index (χ2n) is 5.47. The third kappa shape index (κ3) is 3.97. The van der Waals surface area contributed by atoms with Crippen molar-refractivity contribution in [3.8, 4) is 0 Å². The lowest BCUT2D eigenvalue weighted by Crippen LogP contribution is -2.25. The van der Waals surface area contributed by atoms with Gasteiger partial charge in [-0.15, -0.1) is 0 Å². The molecule has 28 heavy (non-hydrogen) atoms. The largest absolute Gasteiger partial charge is 0.501 e. The van der Waals surface area contributed by atoms with E-state index in [0.717, 1.165) is 25.3 Å². The van der Waals surface area contributed by atoms with Crippen LogP contribution in [0.1, 0.15) is 15.9 Å². The normalized spacial score (nSPS) is 12.5. The Morgan fingerprint density at radius 3 is 2.11 bits per heavy atom. The van der Waals surface area contributed by atoms with Gasteiger partial charge < -0.3 is 4.74 Å². The molecule has 152 valence electrons. The molecular weight excluding hydrogens is 423 g/mol. The van der Waals surface area contributed by atoms with Gasteiger partial charge in [-0.1, -0.05) is 18.2 Å². The highest BCUT2D eigenvalue weighted by Gasteiger charge is 2.48. The Hall–Kier alpha value is -2.60. The lowest BCUT2D eigenvalue weighted by atomic mass is 10.1. The van der Waals surface area contributed by atoms with Crippen LogP contribution in [0.25, 0.3) is 0 Å². The van der Waals surface area contributed by atoms with E-state index in [1.165, 1.54) is 25.1 Å². The Bertz CT molecular complexity index is 1130. The molecule has 0 saturated heterocycles. The number of sulfone groups is 1. The number of halogens is 3. The first-order valence-electron chi connectivity index (χ1n) is 7.44. The number of esters is 1. The summed E-state index contributed by atoms with van der Waals surface area (Å²) < 4.78 is 93.8. The molecular formula is C16H14F3NO6S2. The number of hydrogen-bond donors (Lipinski definition) is 1. The number of alkyl halides is 3. The predicted octanol–water partition coefficient (Wildman–Crippen LogP) is 2.88. The molecule has 0 saturated carbocycles. The standard InChI is InChI=1S/C16H14F3NO6S2/c1-10-11(15(21)26-2)6-5-9-13(10)28(24,25)20-12-7-3-4-8-14(12)27(22,23)16(17,18)19/h3-9,20H,1-2H3. The number of carbonyl (C=O) groups is 1. The number of methoxy groups -OCH3 is 1. The van der Waals surface area contributed by atoms with Gasteiger partial charge in [0.25, 0.3) is 19.9 Å². The van der Waals surface area contributed by atoms with Gasteiger partial charge in [0, 0.05) is 0 Å². The maximum absolute atomic E-state index is 12.9. The van der Waals surface area contributed by atoms with E-state index in [-0.39, 0.29) is 11.1 Å². The highest BCUT2D eigenvalue weighted by atomic mass is 32.2. The van der Waals surface area contributed by atoms with Crippen molar-refractivity contribution in [1.29, 1.82) is 0 Å². The fraction of sp³-hybridized carbons (Fsp3) is 0.188. The summed E-state index contributed by atoms with van der Waals surface area (Å²) >= 11 is 0. The third-order valence-corrected chi connectivity index (χ3v) is 6.76. The molecule has 1 N–H and O–H groups in total. The number of benzene rings is 2. The van der Waals surface area contributed by atoms with Crippen LogP contribution in [0.2, 0.25) is 0 Å². The highest BCUT2D eigenvalue weighted by molar-refractivity contribution is 7.93. The minimum absolute atomic E-state index is 0.0157. The maximum Gasteiger partial charge on any atom is 0.501 e. The van der Waals surface area contributed by atoms with E-state index in [1.54, 1.807) is 0 Å². The SMILES string of the molecule is COC(=O)c1cccc(S(=O)(=O)Nc2ccccc2S(=O)(=O)C(F)(F)F)c1C. The number of nitrogens with one attached hydrogen (secondary N) is 1. The molecule has 0 aliphatic rings. The van der Waals surface area contributed by atoms with Gasteiger partial charge in [0.1, 0.15) is 4.90 Å². The highest BCUT2D eigenvalue weighted by Crippen LogP contribution is 2.35. The number of ether oxygens (including phenoxy) is 1. The van der Waals surface area contributed by atoms with Crippen molar-refractivity contribution >= 4 is 31.5 Å². The van der Waals surface area contributed by atoms with Gasteiger partial charge in [-0.2, -0.15) is 13.2 Å². The number of rotatable bonds is 5. The first-order chi connectivity index (χ1) is 12.8. The van der Waals surface area contributed by atoms with E-state index in [1.807, 2.05) is 4.72 Å². The number of sulfonamides is 1. The Balaban J connectivity index is 2.58. The first kappa shape index (κ1) is 21.7. The van der Waals surface area contributed by atoms with Gasteiger partial charge >= 0.3 is 11.5 Å². The van der Waals surface area contributed by atoms with E-state index in [0.29, 0.717) is 6.07 Å². The summed E-state index contributed by atoms with van der Waals surface area (Å²) in [7, 11) is -9.23. The van der Waals surface area contributed by atoms with Gasteiger partial charge in [-0.05, 0) is 36.8 Å². The van der Waals surface area contributed by atoms with E-state index in [4.69, 9.17) is 0 Å². The van der Waals surface area contributed by atoms with Gasteiger partial charge in [0.2, 0.25) is 0 Å². The molecule has 0 aromatic heterocycles. The Labute approximate surface area is 159 Å². The lowest BCUT2D eigenvalue weighted by Gasteiger charge is -2.16. The molecule has 12 heteroatoms. The minimum atomic E-state index is -5.80. The van der Waals surface area contributed by atoms with Gasteiger partial charge in [0.05, 0.1) is 23.3 Å². The molecule has 0 aliphatic carbocycles. The van der Waals surface area contributed by atoms with Gasteiger partial charge in [-0.3, -0.25) is 4.72 Å². The smallest absolute Gasteiger partial charge is 0.465 e. The number of hydrogen-bond acceptors (Lipinski definition) is 6. The molecule has 2 aromatic carbocycles. The summed E-state index contributed by atoms with van der Waals surface area (Å²) in [5.41, 5.74) is -6.47. The number of carbonyl (C=O) groups excluding carboxylic acids is 1. The molecule has 0 fully saturated rings. The van der Waals surface area contributed by atoms with E-state index in [2.05, 4.69) is 4.74 Å². The van der Waals surface area contributed by atoms with Crippen LogP contribution in [0.3, 0.4) is 0 Å². The Morgan fingerprint density at radius 1 is 0.964 bits per heavy atom. The molecule has 2 aromatic rings. The Morgan fingerprint density at radius 2 is 1.54 bits per heavy atom. The van der Waals surface area contributed by atoms with Crippen LogP contribution in [-0.4, -0.2) is 35.4 Å². The lowest BCUT2D eigenvalue weighted by molar-refractivity contribution is -0.0435. The van der Waals surface area contributed by atoms with Crippen LogP contribution in [-0.2, 0) is 24.6 Å². The van der Waals surface area contributed by atoms with Crippen molar-refractivity contribution in [3.63, 3.8) is 0 Å². The zero-order valence-corrected chi connectivity index (χ0v) is 16.1. The van der Waals surface area contributed by atoms with Crippen molar-refractivity contribution < 1.29 is 39.5 Å². The van der Waals surface area contributed by atoms with E-state index >= 15 is 0 Å². The average Bonchev–Trinajstić information content (AvgIpc) is 2.60. The molecule has 7 nitrogen and oxygen atoms in total. The Kier molecular flexibility index (Phi) is 5.76. The summed E-state index contributed by atoms with van der Waals surface area (Å²) in [5.74, 6) is -0.811. The maximum atomic E-state index is 12.9. The first-order valence-corrected chi connectivity index (χ1v) is 10.4. The molecule has 0 heterocycles. The summed E-state index contributed by atoms with van der Waals surface area (Å²) in [5, 5.41) is 0. The van der Waals surface area contributed by atoms with Crippen LogP contribution in [0, 0.1) is 6.92 Å². The van der Waals surface area contributed by atoms with Crippen LogP contribution in [0.4, 0.5) is 18.9 Å². The van der Waals surface area contributed by atoms with Gasteiger partial charge in [-0.25, -0.2) is 21.6 Å². The molecule has 2 rings (SSSR count). The van der Waals surface area contributed by atoms with Crippen molar-refractivity contribution in [1.82, 2.24) is 0 Å². The third-order valence-electron chi connectivity index (χ3n) is 3.70. The summed E-state index contributed by atoms with van der Waals surface area (Å²) in [6.45, 7) is 1.30. The number of anilines is 1. The second-order valence-corrected chi connectivity index (χ2v) is 9.03. The number of para-hydroxylation sites is 1. The molecule has 0 bridgehead atoms. The van der Waals surface area contributed by atoms with Crippen LogP contribution >= 0.6 is 0 Å². The quantitative estimate of drug-likeness (QED) is 0.721. The van der Waals surface area contributed by atoms with Crippen molar-refractivity contribution in [2.45, 2.75) is 22.2 Å². The molecule has 0 spiro atoms. The summed E-state index contributed by atoms with van der Waals surface area (Å²) in [4.78, 5) is 10.1. The molecule has 0 radical (unpaired) electrons. The summed E-state index contributed by atoms with van der Waals surface area (Å²) in [6, 6.07) is 7.39. The van der Waals surface area contributed by atoms with Crippen molar-refractivity contribution in [3.05, 3.63) is 53.6 Å². The summed E-state index contributed by atoms with van der Waals surface area (Å²) in [6.07, 6.45) is 0. The van der Waals surface area contributed by atoms with Crippen molar-refractivity contribution in [2.24, 2.45) is 0 Å². The fourth-order valence-corrected chi connectivity index (χ4v) is 4.67. The zero-order chi connectivity index (χ0) is 21.3. The van der Waals surface area contributed by atoms with Crippen LogP contribution in [0.5, 0.6) is 0 Å². The molecule has 0 unspecified atom stereocenters. The monoisotopic (exact) mass is 437 g/mol. The molecule has 0 aliphatic heterocycles. The fourth-order valence-electron chi connectivity index (χ4n) is 2.35. The zero-order valence-electron chi connectivity index (χ0n) is 14.4. The molecule has 0 amide bonds. The van der Waals surface area contributed by atoms with E-state index in [9.17, 15) is 34.8 Å².